The van der Waals surface area contributed by atoms with E-state index < -0.39 is 10.2 Å². The van der Waals surface area contributed by atoms with Gasteiger partial charge in [-0.2, -0.15) is 13.1 Å². The molecule has 19 heavy (non-hydrogen) atoms. The van der Waals surface area contributed by atoms with Gasteiger partial charge in [0, 0.05) is 20.2 Å². The van der Waals surface area contributed by atoms with E-state index in [1.165, 1.54) is 12.7 Å². The minimum atomic E-state index is -3.53. The lowest BCUT2D eigenvalue weighted by atomic mass is 10.0. The average molecular weight is 285 g/mol. The highest BCUT2D eigenvalue weighted by Gasteiger charge is 2.12. The van der Waals surface area contributed by atoms with Crippen LogP contribution in [0.5, 0.6) is 0 Å². The van der Waals surface area contributed by atoms with E-state index in [1.807, 2.05) is 12.1 Å². The van der Waals surface area contributed by atoms with Crippen LogP contribution in [0.1, 0.15) is 11.1 Å². The van der Waals surface area contributed by atoms with Crippen LogP contribution in [0, 0.1) is 0 Å². The topological polar surface area (TPSA) is 79.5 Å². The minimum Gasteiger partial charge on any atom is -0.383 e. The molecule has 0 radical (unpaired) electrons. The van der Waals surface area contributed by atoms with Gasteiger partial charge in [0.25, 0.3) is 10.2 Å². The van der Waals surface area contributed by atoms with Gasteiger partial charge in [-0.1, -0.05) is 6.07 Å². The molecule has 1 aromatic rings. The minimum absolute atomic E-state index is 0.248. The molecule has 106 valence electrons. The van der Waals surface area contributed by atoms with E-state index in [4.69, 9.17) is 4.74 Å². The van der Waals surface area contributed by atoms with Crippen molar-refractivity contribution in [3.05, 3.63) is 29.3 Å². The number of ether oxygens (including phenoxy) is 1. The SMILES string of the molecule is COCCNS(=O)(=O)Nc1ccc2c(c1)CNCC2. The number of hydrogen-bond acceptors (Lipinski definition) is 4. The molecule has 0 fully saturated rings. The second kappa shape index (κ2) is 6.33. The van der Waals surface area contributed by atoms with E-state index in [0.29, 0.717) is 12.3 Å². The Morgan fingerprint density at radius 2 is 2.21 bits per heavy atom. The molecule has 0 bridgehead atoms. The van der Waals surface area contributed by atoms with Crippen LogP contribution >= 0.6 is 0 Å². The maximum Gasteiger partial charge on any atom is 0.299 e. The highest BCUT2D eigenvalue weighted by atomic mass is 32.2. The third kappa shape index (κ3) is 4.17. The fourth-order valence-electron chi connectivity index (χ4n) is 2.01. The van der Waals surface area contributed by atoms with Crippen molar-refractivity contribution in [1.29, 1.82) is 0 Å². The van der Waals surface area contributed by atoms with Crippen LogP contribution in [0.2, 0.25) is 0 Å². The lowest BCUT2D eigenvalue weighted by Gasteiger charge is -2.18. The van der Waals surface area contributed by atoms with E-state index >= 15 is 0 Å². The number of anilines is 1. The molecule has 1 heterocycles. The maximum absolute atomic E-state index is 11.7. The van der Waals surface area contributed by atoms with Gasteiger partial charge in [-0.15, -0.1) is 0 Å². The van der Waals surface area contributed by atoms with Gasteiger partial charge >= 0.3 is 0 Å². The molecule has 0 atom stereocenters. The Morgan fingerprint density at radius 3 is 3.00 bits per heavy atom. The smallest absolute Gasteiger partial charge is 0.299 e. The van der Waals surface area contributed by atoms with E-state index in [0.717, 1.165) is 25.1 Å². The van der Waals surface area contributed by atoms with Gasteiger partial charge in [-0.05, 0) is 36.2 Å². The monoisotopic (exact) mass is 285 g/mol. The number of methoxy groups -OCH3 is 1. The number of nitrogens with one attached hydrogen (secondary N) is 3. The van der Waals surface area contributed by atoms with Gasteiger partial charge in [0.15, 0.2) is 0 Å². The summed E-state index contributed by atoms with van der Waals surface area (Å²) in [6.07, 6.45) is 0.981. The van der Waals surface area contributed by atoms with E-state index in [1.54, 1.807) is 6.07 Å². The van der Waals surface area contributed by atoms with Gasteiger partial charge in [0.2, 0.25) is 0 Å². The molecule has 3 N–H and O–H groups in total. The van der Waals surface area contributed by atoms with Gasteiger partial charge in [0.05, 0.1) is 12.3 Å². The first kappa shape index (κ1) is 14.3. The number of hydrogen-bond donors (Lipinski definition) is 3. The molecule has 0 aromatic heterocycles. The van der Waals surface area contributed by atoms with Crippen molar-refractivity contribution >= 4 is 15.9 Å². The van der Waals surface area contributed by atoms with E-state index in [-0.39, 0.29) is 6.54 Å². The van der Waals surface area contributed by atoms with Crippen molar-refractivity contribution in [2.24, 2.45) is 0 Å². The molecular weight excluding hydrogens is 266 g/mol. The predicted molar refractivity (Wildman–Crippen MR) is 74.3 cm³/mol. The molecule has 0 unspecified atom stereocenters. The zero-order valence-corrected chi connectivity index (χ0v) is 11.7. The Hall–Kier alpha value is -1.15. The molecule has 1 aliphatic heterocycles. The van der Waals surface area contributed by atoms with Gasteiger partial charge in [-0.25, -0.2) is 0 Å². The molecule has 0 spiro atoms. The molecule has 7 heteroatoms. The first-order valence-corrected chi connectivity index (χ1v) is 7.68. The molecule has 6 nitrogen and oxygen atoms in total. The van der Waals surface area contributed by atoms with Crippen LogP contribution in [0.25, 0.3) is 0 Å². The van der Waals surface area contributed by atoms with Gasteiger partial charge < -0.3 is 10.1 Å². The normalized spacial score (nSPS) is 15.0. The Bertz CT molecular complexity index is 531. The summed E-state index contributed by atoms with van der Waals surface area (Å²) in [5.74, 6) is 0. The molecule has 0 saturated heterocycles. The fraction of sp³-hybridized carbons (Fsp3) is 0.500. The first-order valence-electron chi connectivity index (χ1n) is 6.19. The van der Waals surface area contributed by atoms with Crippen molar-refractivity contribution in [2.45, 2.75) is 13.0 Å². The molecule has 0 saturated carbocycles. The Kier molecular flexibility index (Phi) is 4.76. The first-order chi connectivity index (χ1) is 9.11. The second-order valence-corrected chi connectivity index (χ2v) is 5.90. The fourth-order valence-corrected chi connectivity index (χ4v) is 2.87. The molecule has 1 aromatic carbocycles. The average Bonchev–Trinajstić information content (AvgIpc) is 2.38. The van der Waals surface area contributed by atoms with Crippen molar-refractivity contribution in [3.8, 4) is 0 Å². The van der Waals surface area contributed by atoms with Gasteiger partial charge in [0.1, 0.15) is 0 Å². The quantitative estimate of drug-likeness (QED) is 0.654. The van der Waals surface area contributed by atoms with E-state index in [2.05, 4.69) is 14.8 Å². The summed E-state index contributed by atoms with van der Waals surface area (Å²) >= 11 is 0. The predicted octanol–water partition coefficient (Wildman–Crippen LogP) is 0.225. The molecule has 0 amide bonds. The highest BCUT2D eigenvalue weighted by Crippen LogP contribution is 2.19. The van der Waals surface area contributed by atoms with Crippen LogP contribution < -0.4 is 14.8 Å². The molecule has 0 aliphatic carbocycles. The summed E-state index contributed by atoms with van der Waals surface area (Å²) in [5, 5.41) is 3.26. The standard InChI is InChI=1S/C12H19N3O3S/c1-18-7-6-14-19(16,17)15-12-3-2-10-4-5-13-9-11(10)8-12/h2-3,8,13-15H,4-7,9H2,1H3. The third-order valence-corrected chi connectivity index (χ3v) is 4.03. The summed E-state index contributed by atoms with van der Waals surface area (Å²) < 4.78 is 33.2. The number of benzene rings is 1. The second-order valence-electron chi connectivity index (χ2n) is 4.40. The number of rotatable bonds is 6. The zero-order valence-electron chi connectivity index (χ0n) is 10.9. The van der Waals surface area contributed by atoms with Crippen LogP contribution in [-0.4, -0.2) is 35.2 Å². The molecule has 2 rings (SSSR count). The summed E-state index contributed by atoms with van der Waals surface area (Å²) in [4.78, 5) is 0. The van der Waals surface area contributed by atoms with Crippen LogP contribution in [-0.2, 0) is 27.9 Å². The summed E-state index contributed by atoms with van der Waals surface area (Å²) in [5.41, 5.74) is 2.99. The van der Waals surface area contributed by atoms with Crippen molar-refractivity contribution < 1.29 is 13.2 Å². The van der Waals surface area contributed by atoms with Crippen LogP contribution in [0.15, 0.2) is 18.2 Å². The maximum atomic E-state index is 11.7. The van der Waals surface area contributed by atoms with Crippen molar-refractivity contribution in [2.75, 3.05) is 31.5 Å². The molecule has 1 aliphatic rings. The third-order valence-electron chi connectivity index (χ3n) is 2.94. The van der Waals surface area contributed by atoms with Crippen molar-refractivity contribution in [1.82, 2.24) is 10.0 Å². The lowest BCUT2D eigenvalue weighted by Crippen LogP contribution is -2.32. The Balaban J connectivity index is 2.02. The Labute approximate surface area is 113 Å². The summed E-state index contributed by atoms with van der Waals surface area (Å²) in [6, 6.07) is 5.64. The highest BCUT2D eigenvalue weighted by molar-refractivity contribution is 7.90. The Morgan fingerprint density at radius 1 is 1.37 bits per heavy atom. The van der Waals surface area contributed by atoms with Crippen LogP contribution in [0.4, 0.5) is 5.69 Å². The largest absolute Gasteiger partial charge is 0.383 e. The zero-order chi connectivity index (χ0) is 13.7. The van der Waals surface area contributed by atoms with Gasteiger partial charge in [-0.3, -0.25) is 4.72 Å². The lowest BCUT2D eigenvalue weighted by molar-refractivity contribution is 0.204. The van der Waals surface area contributed by atoms with Crippen LogP contribution in [0.3, 0.4) is 0 Å². The number of fused-ring (bicyclic) bond motifs is 1. The molecular formula is C12H19N3O3S. The summed E-state index contributed by atoms with van der Waals surface area (Å²) in [7, 11) is -2.01. The van der Waals surface area contributed by atoms with E-state index in [9.17, 15) is 8.42 Å². The van der Waals surface area contributed by atoms with Crippen molar-refractivity contribution in [3.63, 3.8) is 0 Å². The summed E-state index contributed by atoms with van der Waals surface area (Å²) in [6.45, 7) is 2.34.